The summed E-state index contributed by atoms with van der Waals surface area (Å²) in [5, 5.41) is -1.02. The Hall–Kier alpha value is -1.65. The molecule has 0 aromatic heterocycles. The Labute approximate surface area is 166 Å². The van der Waals surface area contributed by atoms with E-state index in [9.17, 15) is 21.6 Å². The Morgan fingerprint density at radius 1 is 1.07 bits per heavy atom. The summed E-state index contributed by atoms with van der Waals surface area (Å²) in [6.45, 7) is 5.31. The predicted octanol–water partition coefficient (Wildman–Crippen LogP) is 0.0253. The molecule has 2 heterocycles. The first kappa shape index (κ1) is 21.1. The number of carbonyl (C=O) groups is 1. The Morgan fingerprint density at radius 2 is 1.71 bits per heavy atom. The zero-order valence-corrected chi connectivity index (χ0v) is 17.9. The predicted molar refractivity (Wildman–Crippen MR) is 105 cm³/mol. The van der Waals surface area contributed by atoms with Gasteiger partial charge in [-0.05, 0) is 37.1 Å². The lowest BCUT2D eigenvalue weighted by atomic mass is 10.1. The van der Waals surface area contributed by atoms with Crippen LogP contribution < -0.4 is 4.74 Å². The molecule has 8 nitrogen and oxygen atoms in total. The van der Waals surface area contributed by atoms with Gasteiger partial charge in [0.1, 0.15) is 5.75 Å². The fourth-order valence-corrected chi connectivity index (χ4v) is 9.20. The average Bonchev–Trinajstić information content (AvgIpc) is 2.99. The van der Waals surface area contributed by atoms with Gasteiger partial charge in [-0.1, -0.05) is 0 Å². The Bertz CT molecular complexity index is 966. The minimum absolute atomic E-state index is 0.157. The lowest BCUT2D eigenvalue weighted by Crippen LogP contribution is -2.54. The van der Waals surface area contributed by atoms with E-state index in [-0.39, 0.29) is 16.4 Å². The van der Waals surface area contributed by atoms with Crippen molar-refractivity contribution >= 4 is 26.1 Å². The first-order chi connectivity index (χ1) is 13.1. The third kappa shape index (κ3) is 3.90. The van der Waals surface area contributed by atoms with Crippen LogP contribution in [0.15, 0.2) is 17.0 Å². The molecule has 2 aliphatic rings. The Kier molecular flexibility index (Phi) is 5.75. The van der Waals surface area contributed by atoms with Crippen molar-refractivity contribution in [1.82, 2.24) is 9.80 Å². The highest BCUT2D eigenvalue weighted by atomic mass is 32.2. The molecule has 156 valence electrons. The van der Waals surface area contributed by atoms with Gasteiger partial charge >= 0.3 is 0 Å². The van der Waals surface area contributed by atoms with E-state index < -0.39 is 31.0 Å². The number of amides is 1. The molecule has 2 aliphatic heterocycles. The van der Waals surface area contributed by atoms with Crippen molar-refractivity contribution in [2.75, 3.05) is 44.8 Å². The van der Waals surface area contributed by atoms with Gasteiger partial charge in [0.25, 0.3) is 0 Å². The maximum atomic E-state index is 13.5. The van der Waals surface area contributed by atoms with Crippen LogP contribution >= 0.6 is 0 Å². The van der Waals surface area contributed by atoms with Crippen LogP contribution in [0.3, 0.4) is 0 Å². The number of sulfone groups is 2. The maximum Gasteiger partial charge on any atom is 0.209 e. The number of aryl methyl sites for hydroxylation is 2. The molecular weight excluding hydrogens is 404 g/mol. The van der Waals surface area contributed by atoms with Crippen LogP contribution in [0.4, 0.5) is 0 Å². The molecule has 28 heavy (non-hydrogen) atoms. The largest absolute Gasteiger partial charge is 0.496 e. The van der Waals surface area contributed by atoms with Crippen molar-refractivity contribution in [3.63, 3.8) is 0 Å². The molecule has 0 unspecified atom stereocenters. The van der Waals surface area contributed by atoms with Gasteiger partial charge in [-0.15, -0.1) is 0 Å². The molecule has 0 saturated carbocycles. The van der Waals surface area contributed by atoms with E-state index in [1.807, 2.05) is 4.90 Å². The van der Waals surface area contributed by atoms with Crippen LogP contribution in [0.5, 0.6) is 5.75 Å². The van der Waals surface area contributed by atoms with Crippen LogP contribution in [-0.2, 0) is 24.5 Å². The minimum Gasteiger partial charge on any atom is -0.496 e. The van der Waals surface area contributed by atoms with Gasteiger partial charge in [-0.2, -0.15) is 0 Å². The van der Waals surface area contributed by atoms with Gasteiger partial charge in [0, 0.05) is 32.2 Å². The Morgan fingerprint density at radius 3 is 2.29 bits per heavy atom. The van der Waals surface area contributed by atoms with E-state index in [2.05, 4.69) is 0 Å². The molecule has 1 aromatic carbocycles. The highest BCUT2D eigenvalue weighted by Gasteiger charge is 2.49. The third-order valence-corrected chi connectivity index (χ3v) is 9.89. The molecular formula is C18H26N2O6S2. The Balaban J connectivity index is 1.97. The van der Waals surface area contributed by atoms with Crippen LogP contribution in [0.25, 0.3) is 0 Å². The number of benzene rings is 1. The summed E-state index contributed by atoms with van der Waals surface area (Å²) >= 11 is 0. The number of piperazine rings is 1. The number of nitrogens with zero attached hydrogens (tertiary/aromatic N) is 2. The standard InChI is InChI=1S/C18H26N2O6S2/c1-13-9-17(14(2)8-16(13)26-3)28(24,25)18-11-27(22,23)10-15(18)20-6-4-19(12-21)5-7-20/h8-9,12,15,18H,4-7,10-11H2,1-3H3/t15-,18-/m0/s1. The number of carbonyl (C=O) groups excluding carboxylic acids is 1. The van der Waals surface area contributed by atoms with Crippen molar-refractivity contribution in [3.05, 3.63) is 23.3 Å². The van der Waals surface area contributed by atoms with Gasteiger partial charge in [0.2, 0.25) is 6.41 Å². The van der Waals surface area contributed by atoms with Crippen molar-refractivity contribution < 1.29 is 26.4 Å². The van der Waals surface area contributed by atoms with Crippen molar-refractivity contribution in [1.29, 1.82) is 0 Å². The first-order valence-corrected chi connectivity index (χ1v) is 12.5. The highest BCUT2D eigenvalue weighted by molar-refractivity contribution is 7.96. The van der Waals surface area contributed by atoms with Gasteiger partial charge < -0.3 is 9.64 Å². The van der Waals surface area contributed by atoms with E-state index >= 15 is 0 Å². The minimum atomic E-state index is -3.87. The van der Waals surface area contributed by atoms with Crippen LogP contribution in [0.2, 0.25) is 0 Å². The van der Waals surface area contributed by atoms with E-state index in [0.717, 1.165) is 6.41 Å². The molecule has 0 aliphatic carbocycles. The molecule has 2 atom stereocenters. The smallest absolute Gasteiger partial charge is 0.209 e. The van der Waals surface area contributed by atoms with Crippen molar-refractivity contribution in [3.8, 4) is 5.75 Å². The van der Waals surface area contributed by atoms with Crippen LogP contribution in [0.1, 0.15) is 11.1 Å². The molecule has 3 rings (SSSR count). The van der Waals surface area contributed by atoms with Crippen molar-refractivity contribution in [2.45, 2.75) is 30.0 Å². The summed E-state index contributed by atoms with van der Waals surface area (Å²) < 4.78 is 56.9. The molecule has 0 spiro atoms. The maximum absolute atomic E-state index is 13.5. The zero-order chi connectivity index (χ0) is 20.7. The lowest BCUT2D eigenvalue weighted by Gasteiger charge is -2.38. The molecule has 10 heteroatoms. The average molecular weight is 431 g/mol. The van der Waals surface area contributed by atoms with Crippen LogP contribution in [0, 0.1) is 13.8 Å². The monoisotopic (exact) mass is 430 g/mol. The third-order valence-electron chi connectivity index (χ3n) is 5.64. The SMILES string of the molecule is COc1cc(C)c(S(=O)(=O)[C@H]2CS(=O)(=O)C[C@@H]2N2CCN(C=O)CC2)cc1C. The number of hydrogen-bond acceptors (Lipinski definition) is 7. The zero-order valence-electron chi connectivity index (χ0n) is 16.3. The normalized spacial score (nSPS) is 25.6. The van der Waals surface area contributed by atoms with E-state index in [1.54, 1.807) is 30.9 Å². The molecule has 2 saturated heterocycles. The molecule has 0 N–H and O–H groups in total. The molecule has 1 aromatic rings. The molecule has 2 fully saturated rings. The summed E-state index contributed by atoms with van der Waals surface area (Å²) in [5.74, 6) is 0.0435. The summed E-state index contributed by atoms with van der Waals surface area (Å²) in [6.07, 6.45) is 0.764. The molecule has 1 amide bonds. The van der Waals surface area contributed by atoms with E-state index in [4.69, 9.17) is 4.74 Å². The fourth-order valence-electron chi connectivity index (χ4n) is 4.06. The second-order valence-corrected chi connectivity index (χ2v) is 11.8. The second-order valence-electron chi connectivity index (χ2n) is 7.49. The summed E-state index contributed by atoms with van der Waals surface area (Å²) in [7, 11) is -5.81. The summed E-state index contributed by atoms with van der Waals surface area (Å²) in [6, 6.07) is 2.63. The van der Waals surface area contributed by atoms with Gasteiger partial charge in [-0.3, -0.25) is 9.69 Å². The lowest BCUT2D eigenvalue weighted by molar-refractivity contribution is -0.119. The van der Waals surface area contributed by atoms with Crippen molar-refractivity contribution in [2.24, 2.45) is 0 Å². The second kappa shape index (κ2) is 7.64. The highest BCUT2D eigenvalue weighted by Crippen LogP contribution is 2.33. The number of ether oxygens (including phenoxy) is 1. The van der Waals surface area contributed by atoms with Gasteiger partial charge in [0.15, 0.2) is 19.7 Å². The first-order valence-electron chi connectivity index (χ1n) is 9.12. The van der Waals surface area contributed by atoms with Gasteiger partial charge in [-0.25, -0.2) is 16.8 Å². The van der Waals surface area contributed by atoms with Crippen LogP contribution in [-0.4, -0.2) is 89.1 Å². The fraction of sp³-hybridized carbons (Fsp3) is 0.611. The topological polar surface area (TPSA) is 101 Å². The molecule has 0 radical (unpaired) electrons. The van der Waals surface area contributed by atoms with E-state index in [1.165, 1.54) is 7.11 Å². The summed E-state index contributed by atoms with van der Waals surface area (Å²) in [5.41, 5.74) is 1.22. The quantitative estimate of drug-likeness (QED) is 0.607. The number of methoxy groups -OCH3 is 1. The summed E-state index contributed by atoms with van der Waals surface area (Å²) in [4.78, 5) is 14.6. The number of hydrogen-bond donors (Lipinski definition) is 0. The number of rotatable bonds is 5. The molecule has 0 bridgehead atoms. The van der Waals surface area contributed by atoms with Gasteiger partial charge in [0.05, 0.1) is 28.8 Å². The van der Waals surface area contributed by atoms with E-state index in [0.29, 0.717) is 43.1 Å².